The van der Waals surface area contributed by atoms with E-state index in [1.54, 1.807) is 0 Å². The summed E-state index contributed by atoms with van der Waals surface area (Å²) in [5.74, 6) is 1.37. The fraction of sp³-hybridized carbons (Fsp3) is 0.615. The van der Waals surface area contributed by atoms with Gasteiger partial charge in [0.2, 0.25) is 0 Å². The Labute approximate surface area is 189 Å². The van der Waals surface area contributed by atoms with E-state index >= 15 is 0 Å². The highest BCUT2D eigenvalue weighted by atomic mass is 16.5. The number of benzene rings is 1. The van der Waals surface area contributed by atoms with E-state index in [9.17, 15) is 9.59 Å². The molecule has 1 aromatic carbocycles. The molecule has 6 aliphatic rings. The third-order valence-corrected chi connectivity index (χ3v) is 8.84. The Hall–Kier alpha value is -2.34. The Morgan fingerprint density at radius 1 is 1.12 bits per heavy atom. The molecule has 0 spiro atoms. The van der Waals surface area contributed by atoms with Gasteiger partial charge >= 0.3 is 12.0 Å². The van der Waals surface area contributed by atoms with Crippen molar-refractivity contribution in [3.63, 3.8) is 0 Å². The molecule has 7 rings (SSSR count). The van der Waals surface area contributed by atoms with Crippen LogP contribution in [0.25, 0.3) is 0 Å². The standard InChI is InChI=1S/C26H32N2O4/c1-31-23(29)25-12-19-10-20(13-25)22(21(11-19)14-25)27-16-26(8-5-9-28(26)24(27)30)17-32-15-18-6-3-2-4-7-18/h2-8,19-22H,9-17H2,1H3. The van der Waals surface area contributed by atoms with Gasteiger partial charge < -0.3 is 19.3 Å². The van der Waals surface area contributed by atoms with E-state index in [-0.39, 0.29) is 29.0 Å². The van der Waals surface area contributed by atoms with Crippen LogP contribution in [0.5, 0.6) is 0 Å². The van der Waals surface area contributed by atoms with Crippen LogP contribution in [0.2, 0.25) is 0 Å². The number of amides is 2. The predicted molar refractivity (Wildman–Crippen MR) is 119 cm³/mol. The minimum atomic E-state index is -0.374. The minimum Gasteiger partial charge on any atom is -0.469 e. The topological polar surface area (TPSA) is 59.1 Å². The van der Waals surface area contributed by atoms with E-state index in [1.807, 2.05) is 23.1 Å². The van der Waals surface area contributed by atoms with Crippen molar-refractivity contribution in [3.05, 3.63) is 48.0 Å². The summed E-state index contributed by atoms with van der Waals surface area (Å²) < 4.78 is 11.4. The van der Waals surface area contributed by atoms with Gasteiger partial charge in [-0.25, -0.2) is 4.79 Å². The number of nitrogens with zero attached hydrogens (tertiary/aromatic N) is 2. The zero-order chi connectivity index (χ0) is 21.9. The molecule has 2 heterocycles. The summed E-state index contributed by atoms with van der Waals surface area (Å²) >= 11 is 0. The second-order valence-electron chi connectivity index (χ2n) is 10.7. The monoisotopic (exact) mass is 436 g/mol. The van der Waals surface area contributed by atoms with Crippen molar-refractivity contribution < 1.29 is 19.1 Å². The van der Waals surface area contributed by atoms with Crippen LogP contribution in [0.15, 0.2) is 42.5 Å². The van der Waals surface area contributed by atoms with Gasteiger partial charge in [0.1, 0.15) is 5.54 Å². The van der Waals surface area contributed by atoms with Crippen LogP contribution in [0.3, 0.4) is 0 Å². The molecule has 1 saturated heterocycles. The first-order valence-corrected chi connectivity index (χ1v) is 12.0. The van der Waals surface area contributed by atoms with Gasteiger partial charge in [-0.2, -0.15) is 0 Å². The first-order chi connectivity index (χ1) is 15.5. The number of fused-ring (bicyclic) bond motifs is 1. The first-order valence-electron chi connectivity index (χ1n) is 12.0. The largest absolute Gasteiger partial charge is 0.469 e. The highest BCUT2D eigenvalue weighted by molar-refractivity contribution is 5.81. The number of esters is 1. The highest BCUT2D eigenvalue weighted by Crippen LogP contribution is 2.62. The molecule has 4 aliphatic carbocycles. The fourth-order valence-electron chi connectivity index (χ4n) is 7.87. The third-order valence-electron chi connectivity index (χ3n) is 8.84. The number of ether oxygens (including phenoxy) is 2. The van der Waals surface area contributed by atoms with Crippen LogP contribution in [0.1, 0.15) is 37.7 Å². The molecule has 170 valence electrons. The first kappa shape index (κ1) is 20.3. The Kier molecular flexibility index (Phi) is 4.65. The van der Waals surface area contributed by atoms with Gasteiger partial charge in [0, 0.05) is 12.6 Å². The normalized spacial score (nSPS) is 39.1. The number of carbonyl (C=O) groups excluding carboxylic acids is 2. The Bertz CT molecular complexity index is 930. The molecule has 3 atom stereocenters. The lowest BCUT2D eigenvalue weighted by Gasteiger charge is -2.60. The summed E-state index contributed by atoms with van der Waals surface area (Å²) in [5, 5.41) is 0. The number of rotatable bonds is 6. The molecular weight excluding hydrogens is 404 g/mol. The molecule has 0 N–H and O–H groups in total. The van der Waals surface area contributed by atoms with Crippen LogP contribution in [0.4, 0.5) is 4.79 Å². The van der Waals surface area contributed by atoms with Gasteiger partial charge in [0.05, 0.1) is 32.3 Å². The number of urea groups is 1. The van der Waals surface area contributed by atoms with E-state index in [1.165, 1.54) is 7.11 Å². The highest BCUT2D eigenvalue weighted by Gasteiger charge is 2.63. The summed E-state index contributed by atoms with van der Waals surface area (Å²) in [5.41, 5.74) is 0.463. The molecule has 6 heteroatoms. The SMILES string of the molecule is COC(=O)C12CC3CC(C1)C(N1CC4(COCc5ccccc5)C=CCN4C1=O)C(C3)C2. The molecule has 0 aromatic heterocycles. The maximum absolute atomic E-state index is 13.6. The van der Waals surface area contributed by atoms with Crippen molar-refractivity contribution in [3.8, 4) is 0 Å². The van der Waals surface area contributed by atoms with Crippen molar-refractivity contribution in [2.45, 2.75) is 50.3 Å². The summed E-state index contributed by atoms with van der Waals surface area (Å²) in [6.07, 6.45) is 9.27. The zero-order valence-corrected chi connectivity index (χ0v) is 18.7. The van der Waals surface area contributed by atoms with E-state index in [4.69, 9.17) is 9.47 Å². The molecule has 3 unspecified atom stereocenters. The Morgan fingerprint density at radius 2 is 1.88 bits per heavy atom. The van der Waals surface area contributed by atoms with Gasteiger partial charge in [-0.15, -0.1) is 0 Å². The smallest absolute Gasteiger partial charge is 0.321 e. The quantitative estimate of drug-likeness (QED) is 0.505. The molecule has 5 fully saturated rings. The van der Waals surface area contributed by atoms with E-state index < -0.39 is 0 Å². The molecule has 2 aliphatic heterocycles. The summed E-state index contributed by atoms with van der Waals surface area (Å²) in [4.78, 5) is 30.4. The Morgan fingerprint density at radius 3 is 2.59 bits per heavy atom. The zero-order valence-electron chi connectivity index (χ0n) is 18.7. The van der Waals surface area contributed by atoms with Crippen LogP contribution < -0.4 is 0 Å². The fourth-order valence-corrected chi connectivity index (χ4v) is 7.87. The summed E-state index contributed by atoms with van der Waals surface area (Å²) in [6.45, 7) is 2.40. The average molecular weight is 437 g/mol. The number of methoxy groups -OCH3 is 1. The van der Waals surface area contributed by atoms with E-state index in [2.05, 4.69) is 29.2 Å². The maximum atomic E-state index is 13.6. The lowest BCUT2D eigenvalue weighted by atomic mass is 9.47. The van der Waals surface area contributed by atoms with Crippen molar-refractivity contribution in [1.82, 2.24) is 9.80 Å². The van der Waals surface area contributed by atoms with E-state index in [0.717, 1.165) is 37.7 Å². The lowest BCUT2D eigenvalue weighted by Crippen LogP contribution is -2.61. The van der Waals surface area contributed by atoms with Gasteiger partial charge in [0.15, 0.2) is 0 Å². The minimum absolute atomic E-state index is 0.0302. The lowest BCUT2D eigenvalue weighted by molar-refractivity contribution is -0.174. The molecule has 6 nitrogen and oxygen atoms in total. The molecule has 4 saturated carbocycles. The molecule has 0 radical (unpaired) electrons. The third kappa shape index (κ3) is 2.95. The molecule has 2 amide bonds. The number of hydrogen-bond acceptors (Lipinski definition) is 4. The predicted octanol–water partition coefficient (Wildman–Crippen LogP) is 3.62. The van der Waals surface area contributed by atoms with Gasteiger partial charge in [0.25, 0.3) is 0 Å². The summed E-state index contributed by atoms with van der Waals surface area (Å²) in [6, 6.07) is 10.6. The van der Waals surface area contributed by atoms with Crippen molar-refractivity contribution >= 4 is 12.0 Å². The van der Waals surface area contributed by atoms with Crippen LogP contribution in [-0.4, -0.2) is 60.2 Å². The molecule has 32 heavy (non-hydrogen) atoms. The number of hydrogen-bond donors (Lipinski definition) is 0. The molecule has 4 bridgehead atoms. The second kappa shape index (κ2) is 7.34. The van der Waals surface area contributed by atoms with Gasteiger partial charge in [-0.3, -0.25) is 4.79 Å². The second-order valence-corrected chi connectivity index (χ2v) is 10.7. The van der Waals surface area contributed by atoms with Gasteiger partial charge in [-0.1, -0.05) is 42.5 Å². The molecular formula is C26H32N2O4. The molecule has 1 aromatic rings. The number of carbonyl (C=O) groups is 2. The van der Waals surface area contributed by atoms with Crippen molar-refractivity contribution in [1.29, 1.82) is 0 Å². The van der Waals surface area contributed by atoms with Crippen LogP contribution in [0, 0.1) is 23.2 Å². The van der Waals surface area contributed by atoms with Crippen LogP contribution in [-0.2, 0) is 20.9 Å². The average Bonchev–Trinajstić information content (AvgIpc) is 3.31. The van der Waals surface area contributed by atoms with Crippen molar-refractivity contribution in [2.24, 2.45) is 23.2 Å². The summed E-state index contributed by atoms with van der Waals surface area (Å²) in [7, 11) is 1.52. The van der Waals surface area contributed by atoms with E-state index in [0.29, 0.717) is 44.1 Å². The van der Waals surface area contributed by atoms with Gasteiger partial charge in [-0.05, 0) is 55.4 Å². The maximum Gasteiger partial charge on any atom is 0.321 e. The Balaban J connectivity index is 1.20. The van der Waals surface area contributed by atoms with Crippen LogP contribution >= 0.6 is 0 Å². The van der Waals surface area contributed by atoms with Crippen molar-refractivity contribution in [2.75, 3.05) is 26.8 Å².